The van der Waals surface area contributed by atoms with E-state index in [4.69, 9.17) is 9.15 Å². The molecule has 1 saturated heterocycles. The first kappa shape index (κ1) is 13.6. The average molecular weight is 289 g/mol. The van der Waals surface area contributed by atoms with Gasteiger partial charge in [0.15, 0.2) is 5.76 Å². The molecule has 6 heteroatoms. The van der Waals surface area contributed by atoms with Gasteiger partial charge in [0.1, 0.15) is 11.0 Å². The van der Waals surface area contributed by atoms with Crippen molar-refractivity contribution in [3.63, 3.8) is 0 Å². The maximum Gasteiger partial charge on any atom is 0.313 e. The zero-order valence-corrected chi connectivity index (χ0v) is 11.5. The Morgan fingerprint density at radius 3 is 2.86 bits per heavy atom. The van der Waals surface area contributed by atoms with Crippen LogP contribution >= 0.6 is 0 Å². The molecule has 0 bridgehead atoms. The minimum Gasteiger partial charge on any atom is -0.481 e. The SMILES string of the molecule is CC1(C(=O)O)COCC1NC(=O)c1cc2ccccc2o1. The van der Waals surface area contributed by atoms with Gasteiger partial charge < -0.3 is 19.6 Å². The van der Waals surface area contributed by atoms with E-state index in [1.165, 1.54) is 0 Å². The number of carboxylic acids is 1. The fourth-order valence-electron chi connectivity index (χ4n) is 2.41. The lowest BCUT2D eigenvalue weighted by atomic mass is 9.85. The van der Waals surface area contributed by atoms with Gasteiger partial charge >= 0.3 is 5.97 Å². The van der Waals surface area contributed by atoms with Crippen molar-refractivity contribution >= 4 is 22.8 Å². The van der Waals surface area contributed by atoms with Gasteiger partial charge in [0, 0.05) is 5.39 Å². The van der Waals surface area contributed by atoms with Crippen molar-refractivity contribution < 1.29 is 23.8 Å². The number of para-hydroxylation sites is 1. The van der Waals surface area contributed by atoms with Gasteiger partial charge in [-0.2, -0.15) is 0 Å². The van der Waals surface area contributed by atoms with Crippen LogP contribution in [0.25, 0.3) is 11.0 Å². The van der Waals surface area contributed by atoms with Crippen LogP contribution in [0, 0.1) is 5.41 Å². The fourth-order valence-corrected chi connectivity index (χ4v) is 2.41. The van der Waals surface area contributed by atoms with Crippen molar-refractivity contribution in [2.45, 2.75) is 13.0 Å². The summed E-state index contributed by atoms with van der Waals surface area (Å²) in [4.78, 5) is 23.6. The number of carbonyl (C=O) groups excluding carboxylic acids is 1. The number of rotatable bonds is 3. The smallest absolute Gasteiger partial charge is 0.313 e. The van der Waals surface area contributed by atoms with E-state index >= 15 is 0 Å². The van der Waals surface area contributed by atoms with E-state index in [2.05, 4.69) is 5.32 Å². The third-order valence-corrected chi connectivity index (χ3v) is 3.90. The first-order valence-corrected chi connectivity index (χ1v) is 6.61. The van der Waals surface area contributed by atoms with Crippen LogP contribution in [0.15, 0.2) is 34.7 Å². The topological polar surface area (TPSA) is 88.8 Å². The summed E-state index contributed by atoms with van der Waals surface area (Å²) in [6, 6.07) is 8.34. The monoisotopic (exact) mass is 289 g/mol. The van der Waals surface area contributed by atoms with E-state index in [-0.39, 0.29) is 19.0 Å². The third kappa shape index (κ3) is 2.27. The number of furan rings is 1. The van der Waals surface area contributed by atoms with Crippen LogP contribution in [-0.2, 0) is 9.53 Å². The molecular weight excluding hydrogens is 274 g/mol. The van der Waals surface area contributed by atoms with E-state index in [0.717, 1.165) is 5.39 Å². The highest BCUT2D eigenvalue weighted by Gasteiger charge is 2.47. The summed E-state index contributed by atoms with van der Waals surface area (Å²) in [7, 11) is 0. The van der Waals surface area contributed by atoms with E-state index < -0.39 is 23.3 Å². The Morgan fingerprint density at radius 2 is 2.14 bits per heavy atom. The van der Waals surface area contributed by atoms with Crippen LogP contribution < -0.4 is 5.32 Å². The first-order valence-electron chi connectivity index (χ1n) is 6.61. The molecule has 2 aromatic rings. The molecule has 0 aliphatic carbocycles. The molecule has 110 valence electrons. The van der Waals surface area contributed by atoms with Gasteiger partial charge in [-0.1, -0.05) is 18.2 Å². The van der Waals surface area contributed by atoms with Gasteiger partial charge in [-0.3, -0.25) is 9.59 Å². The lowest BCUT2D eigenvalue weighted by Crippen LogP contribution is -2.49. The summed E-state index contributed by atoms with van der Waals surface area (Å²) in [5, 5.41) is 12.8. The first-order chi connectivity index (χ1) is 10.0. The largest absolute Gasteiger partial charge is 0.481 e. The molecule has 1 aliphatic heterocycles. The highest BCUT2D eigenvalue weighted by Crippen LogP contribution is 2.29. The minimum atomic E-state index is -1.12. The molecule has 1 aromatic carbocycles. The maximum absolute atomic E-state index is 12.2. The van der Waals surface area contributed by atoms with Crippen LogP contribution in [0.1, 0.15) is 17.5 Å². The highest BCUT2D eigenvalue weighted by atomic mass is 16.5. The Balaban J connectivity index is 1.81. The number of hydrogen-bond donors (Lipinski definition) is 2. The van der Waals surface area contributed by atoms with Crippen molar-refractivity contribution in [2.75, 3.05) is 13.2 Å². The van der Waals surface area contributed by atoms with Crippen molar-refractivity contribution in [3.8, 4) is 0 Å². The number of carboxylic acid groups (broad SMARTS) is 1. The number of hydrogen-bond acceptors (Lipinski definition) is 4. The molecule has 0 spiro atoms. The van der Waals surface area contributed by atoms with Crippen molar-refractivity contribution in [1.29, 1.82) is 0 Å². The highest BCUT2D eigenvalue weighted by molar-refractivity contribution is 5.96. The molecule has 0 radical (unpaired) electrons. The van der Waals surface area contributed by atoms with Gasteiger partial charge in [0.25, 0.3) is 5.91 Å². The zero-order valence-electron chi connectivity index (χ0n) is 11.5. The Bertz CT molecular complexity index is 674. The van der Waals surface area contributed by atoms with Gasteiger partial charge in [-0.25, -0.2) is 0 Å². The number of fused-ring (bicyclic) bond motifs is 1. The van der Waals surface area contributed by atoms with Crippen LogP contribution in [-0.4, -0.2) is 36.2 Å². The number of carbonyl (C=O) groups is 2. The molecule has 2 heterocycles. The van der Waals surface area contributed by atoms with Crippen LogP contribution in [0.5, 0.6) is 0 Å². The lowest BCUT2D eigenvalue weighted by molar-refractivity contribution is -0.148. The molecule has 0 saturated carbocycles. The molecule has 1 amide bonds. The normalized spacial score (nSPS) is 25.1. The number of amides is 1. The standard InChI is InChI=1S/C15H15NO5/c1-15(14(18)19)8-20-7-12(15)16-13(17)11-6-9-4-2-3-5-10(9)21-11/h2-6,12H,7-8H2,1H3,(H,16,17)(H,18,19). The Kier molecular flexibility index (Phi) is 3.17. The second-order valence-electron chi connectivity index (χ2n) is 5.41. The predicted molar refractivity (Wildman–Crippen MR) is 74.0 cm³/mol. The van der Waals surface area contributed by atoms with Gasteiger partial charge in [0.05, 0.1) is 19.3 Å². The van der Waals surface area contributed by atoms with Crippen molar-refractivity contribution in [2.24, 2.45) is 5.41 Å². The van der Waals surface area contributed by atoms with E-state index in [9.17, 15) is 14.7 Å². The number of ether oxygens (including phenoxy) is 1. The Hall–Kier alpha value is -2.34. The molecule has 6 nitrogen and oxygen atoms in total. The quantitative estimate of drug-likeness (QED) is 0.897. The summed E-state index contributed by atoms with van der Waals surface area (Å²) in [6.07, 6.45) is 0. The Labute approximate surface area is 120 Å². The predicted octanol–water partition coefficient (Wildman–Crippen LogP) is 1.65. The Morgan fingerprint density at radius 1 is 1.38 bits per heavy atom. The maximum atomic E-state index is 12.2. The molecule has 1 fully saturated rings. The fraction of sp³-hybridized carbons (Fsp3) is 0.333. The average Bonchev–Trinajstić information content (AvgIpc) is 3.04. The molecule has 2 atom stereocenters. The molecule has 2 unspecified atom stereocenters. The minimum absolute atomic E-state index is 0.0768. The summed E-state index contributed by atoms with van der Waals surface area (Å²) in [6.45, 7) is 1.81. The third-order valence-electron chi connectivity index (χ3n) is 3.90. The van der Waals surface area contributed by atoms with E-state index in [0.29, 0.717) is 5.58 Å². The zero-order chi connectivity index (χ0) is 15.0. The second-order valence-corrected chi connectivity index (χ2v) is 5.41. The second kappa shape index (κ2) is 4.89. The van der Waals surface area contributed by atoms with Gasteiger partial charge in [0.2, 0.25) is 0 Å². The van der Waals surface area contributed by atoms with Crippen LogP contribution in [0.3, 0.4) is 0 Å². The summed E-state index contributed by atoms with van der Waals surface area (Å²) in [5.41, 5.74) is -0.506. The van der Waals surface area contributed by atoms with E-state index in [1.807, 2.05) is 18.2 Å². The molecule has 3 rings (SSSR count). The van der Waals surface area contributed by atoms with Crippen LogP contribution in [0.4, 0.5) is 0 Å². The summed E-state index contributed by atoms with van der Waals surface area (Å²) in [5.74, 6) is -1.26. The lowest BCUT2D eigenvalue weighted by Gasteiger charge is -2.24. The number of benzene rings is 1. The molecular formula is C15H15NO5. The molecule has 1 aliphatic rings. The number of nitrogens with one attached hydrogen (secondary N) is 1. The summed E-state index contributed by atoms with van der Waals surface area (Å²) < 4.78 is 10.7. The number of aliphatic carboxylic acids is 1. The van der Waals surface area contributed by atoms with Gasteiger partial charge in [-0.15, -0.1) is 0 Å². The summed E-state index contributed by atoms with van der Waals surface area (Å²) >= 11 is 0. The molecule has 21 heavy (non-hydrogen) atoms. The van der Waals surface area contributed by atoms with Gasteiger partial charge in [-0.05, 0) is 19.1 Å². The molecule has 2 N–H and O–H groups in total. The van der Waals surface area contributed by atoms with Crippen molar-refractivity contribution in [3.05, 3.63) is 36.1 Å². The van der Waals surface area contributed by atoms with Crippen LogP contribution in [0.2, 0.25) is 0 Å². The van der Waals surface area contributed by atoms with E-state index in [1.54, 1.807) is 19.1 Å². The molecule has 1 aromatic heterocycles. The van der Waals surface area contributed by atoms with Crippen molar-refractivity contribution in [1.82, 2.24) is 5.32 Å².